The van der Waals surface area contributed by atoms with Gasteiger partial charge in [-0.3, -0.25) is 0 Å². The lowest BCUT2D eigenvalue weighted by atomic mass is 9.88. The van der Waals surface area contributed by atoms with E-state index in [0.717, 1.165) is 18.8 Å². The van der Waals surface area contributed by atoms with Crippen molar-refractivity contribution in [3.05, 3.63) is 0 Å². The Kier molecular flexibility index (Phi) is 3.49. The fraction of sp³-hybridized carbons (Fsp3) is 1.00. The van der Waals surface area contributed by atoms with Crippen LogP contribution in [0.25, 0.3) is 0 Å². The second kappa shape index (κ2) is 4.03. The van der Waals surface area contributed by atoms with Crippen molar-refractivity contribution in [1.29, 1.82) is 0 Å². The monoisotopic (exact) mass is 207 g/mol. The van der Waals surface area contributed by atoms with Gasteiger partial charge in [0, 0.05) is 12.3 Å². The SMILES string of the molecule is CS(=O)(=S)N[C@H]1CC[C@@H](C)CC1. The lowest BCUT2D eigenvalue weighted by Crippen LogP contribution is -2.36. The first kappa shape index (κ1) is 10.4. The van der Waals surface area contributed by atoms with Gasteiger partial charge in [0.2, 0.25) is 0 Å². The minimum absolute atomic E-state index is 0.399. The van der Waals surface area contributed by atoms with E-state index in [1.807, 2.05) is 0 Å². The van der Waals surface area contributed by atoms with Crippen molar-refractivity contribution in [2.75, 3.05) is 6.26 Å². The minimum atomic E-state index is -2.16. The molecule has 1 aliphatic rings. The van der Waals surface area contributed by atoms with Crippen LogP contribution >= 0.6 is 0 Å². The van der Waals surface area contributed by atoms with Crippen LogP contribution < -0.4 is 4.72 Å². The van der Waals surface area contributed by atoms with Crippen LogP contribution in [0.5, 0.6) is 0 Å². The van der Waals surface area contributed by atoms with Gasteiger partial charge in [0.1, 0.15) is 0 Å². The van der Waals surface area contributed by atoms with Crippen molar-refractivity contribution in [3.63, 3.8) is 0 Å². The molecule has 1 unspecified atom stereocenters. The number of hydrogen-bond donors (Lipinski definition) is 1. The zero-order valence-corrected chi connectivity index (χ0v) is 9.34. The quantitative estimate of drug-likeness (QED) is 0.742. The van der Waals surface area contributed by atoms with E-state index in [1.165, 1.54) is 12.8 Å². The Hall–Kier alpha value is 0.330. The molecule has 0 aromatic heterocycles. The molecule has 0 amide bonds. The van der Waals surface area contributed by atoms with Gasteiger partial charge in [-0.15, -0.1) is 0 Å². The summed E-state index contributed by atoms with van der Waals surface area (Å²) in [6, 6.07) is 0.399. The summed E-state index contributed by atoms with van der Waals surface area (Å²) in [6.45, 7) is 2.27. The topological polar surface area (TPSA) is 29.1 Å². The first-order valence-corrected chi connectivity index (χ1v) is 7.34. The first-order valence-electron chi connectivity index (χ1n) is 4.44. The molecule has 0 aromatic carbocycles. The standard InChI is InChI=1S/C8H17NOS2/c1-7-3-5-8(6-4-7)9-12(2,10)11/h7-9H,3-6H2,1-2H3/t7-,8+,12?. The van der Waals surface area contributed by atoms with Crippen LogP contribution in [0.3, 0.4) is 0 Å². The fourth-order valence-corrected chi connectivity index (χ4v) is 2.93. The average molecular weight is 207 g/mol. The predicted octanol–water partition coefficient (Wildman–Crippen LogP) is 1.45. The van der Waals surface area contributed by atoms with E-state index in [1.54, 1.807) is 6.26 Å². The fourth-order valence-electron chi connectivity index (χ4n) is 1.68. The first-order chi connectivity index (χ1) is 5.47. The Morgan fingerprint density at radius 1 is 1.33 bits per heavy atom. The van der Waals surface area contributed by atoms with Gasteiger partial charge in [-0.1, -0.05) is 6.92 Å². The van der Waals surface area contributed by atoms with Crippen molar-refractivity contribution in [2.45, 2.75) is 38.6 Å². The molecule has 4 heteroatoms. The van der Waals surface area contributed by atoms with Crippen molar-refractivity contribution >= 4 is 19.9 Å². The van der Waals surface area contributed by atoms with Crippen LogP contribution in [0.15, 0.2) is 0 Å². The molecule has 1 fully saturated rings. The molecule has 2 nitrogen and oxygen atoms in total. The zero-order chi connectivity index (χ0) is 9.19. The third-order valence-electron chi connectivity index (χ3n) is 2.40. The summed E-state index contributed by atoms with van der Waals surface area (Å²) in [5.74, 6) is 0.834. The molecule has 1 rings (SSSR count). The van der Waals surface area contributed by atoms with Gasteiger partial charge in [-0.25, -0.2) is 8.93 Å². The molecule has 0 spiro atoms. The van der Waals surface area contributed by atoms with Gasteiger partial charge < -0.3 is 0 Å². The number of hydrogen-bond acceptors (Lipinski definition) is 2. The van der Waals surface area contributed by atoms with Crippen molar-refractivity contribution in [3.8, 4) is 0 Å². The van der Waals surface area contributed by atoms with E-state index in [-0.39, 0.29) is 0 Å². The van der Waals surface area contributed by atoms with Gasteiger partial charge in [0.05, 0.1) is 8.68 Å². The van der Waals surface area contributed by atoms with Gasteiger partial charge in [-0.05, 0) is 42.8 Å². The Balaban J connectivity index is 2.36. The van der Waals surface area contributed by atoms with Crippen molar-refractivity contribution < 1.29 is 4.21 Å². The van der Waals surface area contributed by atoms with Crippen molar-refractivity contribution in [1.82, 2.24) is 4.72 Å². The van der Waals surface area contributed by atoms with Gasteiger partial charge in [0.15, 0.2) is 0 Å². The van der Waals surface area contributed by atoms with E-state index < -0.39 is 8.68 Å². The molecule has 0 bridgehead atoms. The van der Waals surface area contributed by atoms with E-state index in [0.29, 0.717) is 6.04 Å². The second-order valence-corrected chi connectivity index (χ2v) is 7.54. The van der Waals surface area contributed by atoms with Crippen LogP contribution in [0, 0.1) is 5.92 Å². The van der Waals surface area contributed by atoms with Crippen molar-refractivity contribution in [2.24, 2.45) is 5.92 Å². The Labute approximate surface area is 79.9 Å². The normalized spacial score (nSPS) is 35.8. The smallest absolute Gasteiger partial charge is 0.0870 e. The van der Waals surface area contributed by atoms with Crippen LogP contribution in [-0.2, 0) is 19.9 Å². The number of nitrogens with one attached hydrogen (secondary N) is 1. The molecule has 1 N–H and O–H groups in total. The molecule has 0 heterocycles. The molecule has 1 aliphatic carbocycles. The maximum absolute atomic E-state index is 11.2. The summed E-state index contributed by atoms with van der Waals surface area (Å²) < 4.78 is 14.3. The summed E-state index contributed by atoms with van der Waals surface area (Å²) in [5.41, 5.74) is 0. The van der Waals surface area contributed by atoms with E-state index >= 15 is 0 Å². The minimum Gasteiger partial charge on any atom is -0.242 e. The molecular formula is C8H17NOS2. The summed E-state index contributed by atoms with van der Waals surface area (Å²) >= 11 is 4.81. The van der Waals surface area contributed by atoms with Crippen LogP contribution in [0.2, 0.25) is 0 Å². The zero-order valence-electron chi connectivity index (χ0n) is 7.71. The summed E-state index contributed by atoms with van der Waals surface area (Å²) in [4.78, 5) is 0. The molecular weight excluding hydrogens is 190 g/mol. The predicted molar refractivity (Wildman–Crippen MR) is 56.0 cm³/mol. The summed E-state index contributed by atoms with van der Waals surface area (Å²) in [5, 5.41) is 0. The third kappa shape index (κ3) is 3.83. The Morgan fingerprint density at radius 3 is 2.25 bits per heavy atom. The summed E-state index contributed by atoms with van der Waals surface area (Å²) in [6.07, 6.45) is 6.33. The van der Waals surface area contributed by atoms with Crippen LogP contribution in [0.4, 0.5) is 0 Å². The maximum atomic E-state index is 11.2. The highest BCUT2D eigenvalue weighted by molar-refractivity contribution is 8.31. The highest BCUT2D eigenvalue weighted by atomic mass is 32.8. The number of rotatable bonds is 2. The molecule has 0 aromatic rings. The summed E-state index contributed by atoms with van der Waals surface area (Å²) in [7, 11) is -2.16. The van der Waals surface area contributed by atoms with Gasteiger partial charge in [0.25, 0.3) is 0 Å². The van der Waals surface area contributed by atoms with Crippen LogP contribution in [0.1, 0.15) is 32.6 Å². The second-order valence-electron chi connectivity index (χ2n) is 3.85. The molecule has 72 valence electrons. The molecule has 12 heavy (non-hydrogen) atoms. The maximum Gasteiger partial charge on any atom is 0.0870 e. The Morgan fingerprint density at radius 2 is 1.83 bits per heavy atom. The lowest BCUT2D eigenvalue weighted by molar-refractivity contribution is 0.335. The Bertz CT molecular complexity index is 227. The van der Waals surface area contributed by atoms with E-state index in [2.05, 4.69) is 11.6 Å². The highest BCUT2D eigenvalue weighted by Crippen LogP contribution is 2.23. The average Bonchev–Trinajstić information content (AvgIpc) is 1.91. The molecule has 0 saturated heterocycles. The molecule has 0 aliphatic heterocycles. The van der Waals surface area contributed by atoms with Crippen LogP contribution in [-0.4, -0.2) is 16.5 Å². The molecule has 1 atom stereocenters. The third-order valence-corrected chi connectivity index (χ3v) is 3.45. The lowest BCUT2D eigenvalue weighted by Gasteiger charge is -2.26. The van der Waals surface area contributed by atoms with E-state index in [4.69, 9.17) is 11.2 Å². The largest absolute Gasteiger partial charge is 0.242 e. The molecule has 0 radical (unpaired) electrons. The van der Waals surface area contributed by atoms with Gasteiger partial charge in [-0.2, -0.15) is 0 Å². The van der Waals surface area contributed by atoms with Gasteiger partial charge >= 0.3 is 0 Å². The van der Waals surface area contributed by atoms with E-state index in [9.17, 15) is 4.21 Å². The highest BCUT2D eigenvalue weighted by Gasteiger charge is 2.19. The molecule has 1 saturated carbocycles.